The molecule has 0 amide bonds. The van der Waals surface area contributed by atoms with Gasteiger partial charge in [-0.05, 0) is 31.2 Å². The van der Waals surface area contributed by atoms with Gasteiger partial charge in [0, 0.05) is 22.7 Å². The van der Waals surface area contributed by atoms with Crippen LogP contribution in [0.25, 0.3) is 0 Å². The maximum Gasteiger partial charge on any atom is 0.159 e. The smallest absolute Gasteiger partial charge is 0.159 e. The molecule has 2 rings (SSSR count). The van der Waals surface area contributed by atoms with E-state index in [1.54, 1.807) is 12.3 Å². The molecular weight excluding hydrogens is 254 g/mol. The van der Waals surface area contributed by atoms with Crippen molar-refractivity contribution in [3.8, 4) is 0 Å². The second kappa shape index (κ2) is 5.46. The SMILES string of the molecule is C[C@H](N)c1cccnc1Sc1ccc(F)c(F)c1. The molecule has 2 nitrogen and oxygen atoms in total. The van der Waals surface area contributed by atoms with Crippen LogP contribution in [0.4, 0.5) is 8.78 Å². The van der Waals surface area contributed by atoms with Gasteiger partial charge in [0.2, 0.25) is 0 Å². The number of benzene rings is 1. The lowest BCUT2D eigenvalue weighted by atomic mass is 10.2. The number of halogens is 2. The Morgan fingerprint density at radius 2 is 2.00 bits per heavy atom. The first-order chi connectivity index (χ1) is 8.58. The molecule has 0 aliphatic carbocycles. The van der Waals surface area contributed by atoms with Crippen LogP contribution in [-0.4, -0.2) is 4.98 Å². The summed E-state index contributed by atoms with van der Waals surface area (Å²) in [6, 6.07) is 7.29. The quantitative estimate of drug-likeness (QED) is 0.923. The second-order valence-corrected chi connectivity index (χ2v) is 4.93. The highest BCUT2D eigenvalue weighted by Crippen LogP contribution is 2.31. The molecule has 0 saturated heterocycles. The molecule has 1 aromatic carbocycles. The lowest BCUT2D eigenvalue weighted by Gasteiger charge is -2.10. The summed E-state index contributed by atoms with van der Waals surface area (Å²) in [5, 5.41) is 0.707. The van der Waals surface area contributed by atoms with Crippen LogP contribution in [0.3, 0.4) is 0 Å². The van der Waals surface area contributed by atoms with Gasteiger partial charge in [0.25, 0.3) is 0 Å². The van der Waals surface area contributed by atoms with E-state index in [1.165, 1.54) is 17.8 Å². The third-order valence-corrected chi connectivity index (χ3v) is 3.42. The van der Waals surface area contributed by atoms with Gasteiger partial charge < -0.3 is 5.73 Å². The van der Waals surface area contributed by atoms with Crippen molar-refractivity contribution < 1.29 is 8.78 Å². The Labute approximate surface area is 108 Å². The maximum absolute atomic E-state index is 13.1. The highest BCUT2D eigenvalue weighted by molar-refractivity contribution is 7.99. The minimum Gasteiger partial charge on any atom is -0.324 e. The molecule has 0 saturated carbocycles. The molecule has 0 fully saturated rings. The molecule has 1 aromatic heterocycles. The van der Waals surface area contributed by atoms with E-state index in [9.17, 15) is 8.78 Å². The largest absolute Gasteiger partial charge is 0.324 e. The summed E-state index contributed by atoms with van der Waals surface area (Å²) in [5.74, 6) is -1.72. The molecule has 1 heterocycles. The average molecular weight is 266 g/mol. The number of rotatable bonds is 3. The zero-order valence-corrected chi connectivity index (χ0v) is 10.5. The molecular formula is C13H12F2N2S. The van der Waals surface area contributed by atoms with Crippen LogP contribution in [0.5, 0.6) is 0 Å². The van der Waals surface area contributed by atoms with Crippen molar-refractivity contribution >= 4 is 11.8 Å². The zero-order chi connectivity index (χ0) is 13.1. The van der Waals surface area contributed by atoms with Crippen molar-refractivity contribution in [2.24, 2.45) is 5.73 Å². The van der Waals surface area contributed by atoms with E-state index in [4.69, 9.17) is 5.73 Å². The zero-order valence-electron chi connectivity index (χ0n) is 9.73. The Morgan fingerprint density at radius 3 is 2.67 bits per heavy atom. The van der Waals surface area contributed by atoms with E-state index < -0.39 is 11.6 Å². The molecule has 2 aromatic rings. The number of hydrogen-bond acceptors (Lipinski definition) is 3. The molecule has 18 heavy (non-hydrogen) atoms. The van der Waals surface area contributed by atoms with Crippen LogP contribution >= 0.6 is 11.8 Å². The Bertz CT molecular complexity index is 558. The van der Waals surface area contributed by atoms with Crippen LogP contribution in [0, 0.1) is 11.6 Å². The third-order valence-electron chi connectivity index (χ3n) is 2.40. The molecule has 5 heteroatoms. The summed E-state index contributed by atoms with van der Waals surface area (Å²) < 4.78 is 25.9. The second-order valence-electron chi connectivity index (χ2n) is 3.86. The molecule has 0 spiro atoms. The van der Waals surface area contributed by atoms with Gasteiger partial charge in [0.15, 0.2) is 11.6 Å². The topological polar surface area (TPSA) is 38.9 Å². The molecule has 94 valence electrons. The summed E-state index contributed by atoms with van der Waals surface area (Å²) in [5.41, 5.74) is 6.72. The summed E-state index contributed by atoms with van der Waals surface area (Å²) in [7, 11) is 0. The van der Waals surface area contributed by atoms with Crippen molar-refractivity contribution in [1.29, 1.82) is 0 Å². The lowest BCUT2D eigenvalue weighted by molar-refractivity contribution is 0.506. The molecule has 0 aliphatic heterocycles. The van der Waals surface area contributed by atoms with E-state index in [0.29, 0.717) is 9.92 Å². The lowest BCUT2D eigenvalue weighted by Crippen LogP contribution is -2.07. The molecule has 0 bridgehead atoms. The number of aromatic nitrogens is 1. The van der Waals surface area contributed by atoms with Crippen molar-refractivity contribution in [2.45, 2.75) is 22.9 Å². The summed E-state index contributed by atoms with van der Waals surface area (Å²) in [6.07, 6.45) is 1.65. The van der Waals surface area contributed by atoms with Gasteiger partial charge in [-0.25, -0.2) is 13.8 Å². The van der Waals surface area contributed by atoms with Crippen LogP contribution < -0.4 is 5.73 Å². The number of nitrogens with two attached hydrogens (primary N) is 1. The maximum atomic E-state index is 13.1. The minimum atomic E-state index is -0.863. The predicted molar refractivity (Wildman–Crippen MR) is 67.3 cm³/mol. The van der Waals surface area contributed by atoms with Crippen molar-refractivity contribution in [1.82, 2.24) is 4.98 Å². The average Bonchev–Trinajstić information content (AvgIpc) is 2.34. The van der Waals surface area contributed by atoms with Gasteiger partial charge in [-0.15, -0.1) is 0 Å². The summed E-state index contributed by atoms with van der Waals surface area (Å²) >= 11 is 1.27. The first-order valence-electron chi connectivity index (χ1n) is 5.41. The van der Waals surface area contributed by atoms with Crippen molar-refractivity contribution in [2.75, 3.05) is 0 Å². The van der Waals surface area contributed by atoms with Gasteiger partial charge in [0.05, 0.1) is 0 Å². The number of nitrogens with zero attached hydrogens (tertiary/aromatic N) is 1. The fraction of sp³-hybridized carbons (Fsp3) is 0.154. The number of hydrogen-bond donors (Lipinski definition) is 1. The van der Waals surface area contributed by atoms with Gasteiger partial charge >= 0.3 is 0 Å². The van der Waals surface area contributed by atoms with Crippen molar-refractivity contribution in [3.05, 3.63) is 53.7 Å². The van der Waals surface area contributed by atoms with Crippen LogP contribution in [0.1, 0.15) is 18.5 Å². The summed E-state index contributed by atoms with van der Waals surface area (Å²) in [6.45, 7) is 1.85. The fourth-order valence-corrected chi connectivity index (χ4v) is 2.49. The van der Waals surface area contributed by atoms with Gasteiger partial charge in [0.1, 0.15) is 5.03 Å². The monoisotopic (exact) mass is 266 g/mol. The van der Waals surface area contributed by atoms with E-state index in [-0.39, 0.29) is 6.04 Å². The van der Waals surface area contributed by atoms with Crippen LogP contribution in [0.15, 0.2) is 46.5 Å². The third kappa shape index (κ3) is 2.86. The fourth-order valence-electron chi connectivity index (χ4n) is 1.49. The standard InChI is InChI=1S/C13H12F2N2S/c1-8(16)10-3-2-6-17-13(10)18-9-4-5-11(14)12(15)7-9/h2-8H,16H2,1H3/t8-/m0/s1. The van der Waals surface area contributed by atoms with E-state index >= 15 is 0 Å². The Hall–Kier alpha value is -1.46. The first kappa shape index (κ1) is 13.0. The van der Waals surface area contributed by atoms with Crippen molar-refractivity contribution in [3.63, 3.8) is 0 Å². The Balaban J connectivity index is 2.31. The van der Waals surface area contributed by atoms with Crippen LogP contribution in [-0.2, 0) is 0 Å². The Morgan fingerprint density at radius 1 is 1.22 bits per heavy atom. The number of pyridine rings is 1. The van der Waals surface area contributed by atoms with Gasteiger partial charge in [-0.3, -0.25) is 0 Å². The van der Waals surface area contributed by atoms with E-state index in [0.717, 1.165) is 17.7 Å². The first-order valence-corrected chi connectivity index (χ1v) is 6.23. The highest BCUT2D eigenvalue weighted by Gasteiger charge is 2.10. The molecule has 1 atom stereocenters. The minimum absolute atomic E-state index is 0.161. The van der Waals surface area contributed by atoms with E-state index in [1.807, 2.05) is 13.0 Å². The highest BCUT2D eigenvalue weighted by atomic mass is 32.2. The molecule has 0 aliphatic rings. The van der Waals surface area contributed by atoms with Gasteiger partial charge in [-0.1, -0.05) is 17.8 Å². The van der Waals surface area contributed by atoms with Crippen LogP contribution in [0.2, 0.25) is 0 Å². The summed E-state index contributed by atoms with van der Waals surface area (Å²) in [4.78, 5) is 4.81. The van der Waals surface area contributed by atoms with E-state index in [2.05, 4.69) is 4.98 Å². The predicted octanol–water partition coefficient (Wildman–Crippen LogP) is 3.53. The Kier molecular flexibility index (Phi) is 3.93. The molecule has 2 N–H and O–H groups in total. The normalized spacial score (nSPS) is 12.4. The van der Waals surface area contributed by atoms with Gasteiger partial charge in [-0.2, -0.15) is 0 Å². The molecule has 0 unspecified atom stereocenters. The molecule has 0 radical (unpaired) electrons.